The Balaban J connectivity index is 0.000000557. The summed E-state index contributed by atoms with van der Waals surface area (Å²) in [5.41, 5.74) is 0. The molecule has 0 aromatic rings. The predicted octanol–water partition coefficient (Wildman–Crippen LogP) is 1.76. The van der Waals surface area contributed by atoms with E-state index in [2.05, 4.69) is 30.7 Å². The Morgan fingerprint density at radius 3 is 2.29 bits per heavy atom. The van der Waals surface area contributed by atoms with E-state index in [1.165, 1.54) is 25.5 Å². The van der Waals surface area contributed by atoms with Gasteiger partial charge >= 0.3 is 0 Å². The number of rotatable bonds is 3. The third-order valence-electron chi connectivity index (χ3n) is 2.76. The smallest absolute Gasteiger partial charge is 0.219 e. The van der Waals surface area contributed by atoms with Crippen molar-refractivity contribution in [3.05, 3.63) is 12.7 Å². The van der Waals surface area contributed by atoms with Crippen LogP contribution in [0.5, 0.6) is 0 Å². The van der Waals surface area contributed by atoms with Crippen molar-refractivity contribution >= 4 is 5.91 Å². The summed E-state index contributed by atoms with van der Waals surface area (Å²) in [7, 11) is 0. The molecule has 1 saturated heterocycles. The van der Waals surface area contributed by atoms with E-state index in [9.17, 15) is 4.79 Å². The zero-order valence-corrected chi connectivity index (χ0v) is 11.1. The van der Waals surface area contributed by atoms with Crippen LogP contribution in [0.1, 0.15) is 26.7 Å². The average Bonchev–Trinajstić information content (AvgIpc) is 2.37. The summed E-state index contributed by atoms with van der Waals surface area (Å²) >= 11 is 0. The van der Waals surface area contributed by atoms with Crippen molar-refractivity contribution in [2.45, 2.75) is 26.7 Å². The third-order valence-corrected chi connectivity index (χ3v) is 2.76. The molecule has 1 aliphatic rings. The Morgan fingerprint density at radius 2 is 1.94 bits per heavy atom. The lowest BCUT2D eigenvalue weighted by Gasteiger charge is -2.34. The number of amides is 1. The minimum atomic E-state index is 0.218. The minimum absolute atomic E-state index is 0.218. The van der Waals surface area contributed by atoms with Crippen LogP contribution in [0.25, 0.3) is 0 Å². The molecule has 0 aromatic heterocycles. The molecule has 0 bridgehead atoms. The van der Waals surface area contributed by atoms with E-state index in [1.807, 2.05) is 4.90 Å². The van der Waals surface area contributed by atoms with Crippen LogP contribution >= 0.6 is 0 Å². The molecule has 0 aliphatic carbocycles. The Morgan fingerprint density at radius 1 is 1.41 bits per heavy atom. The van der Waals surface area contributed by atoms with Gasteiger partial charge in [0.15, 0.2) is 0 Å². The van der Waals surface area contributed by atoms with Crippen LogP contribution in [-0.2, 0) is 4.79 Å². The zero-order valence-electron chi connectivity index (χ0n) is 11.1. The van der Waals surface area contributed by atoms with E-state index >= 15 is 0 Å². The topological polar surface area (TPSA) is 23.6 Å². The Hall–Kier alpha value is -1.27. The van der Waals surface area contributed by atoms with Crippen LogP contribution in [0.15, 0.2) is 12.7 Å². The van der Waals surface area contributed by atoms with Gasteiger partial charge in [-0.25, -0.2) is 0 Å². The maximum Gasteiger partial charge on any atom is 0.219 e. The standard InChI is InChI=1S/C10H20N2O.C4H4/c1-3-4-5-11-6-8-12(9-7-11)10(2)13;1-3-4-2/h3-9H2,1-2H3;1,4H,2H2. The van der Waals surface area contributed by atoms with E-state index in [0.717, 1.165) is 26.2 Å². The quantitative estimate of drug-likeness (QED) is 0.697. The third kappa shape index (κ3) is 7.59. The Kier molecular flexibility index (Phi) is 9.18. The van der Waals surface area contributed by atoms with Crippen LogP contribution in [-0.4, -0.2) is 48.4 Å². The fourth-order valence-corrected chi connectivity index (χ4v) is 1.67. The van der Waals surface area contributed by atoms with Crippen LogP contribution in [0.2, 0.25) is 0 Å². The average molecular weight is 236 g/mol. The number of unbranched alkanes of at least 4 members (excludes halogenated alkanes) is 1. The van der Waals surface area contributed by atoms with Crippen molar-refractivity contribution in [2.75, 3.05) is 32.7 Å². The molecule has 0 saturated carbocycles. The molecule has 0 N–H and O–H groups in total. The number of hydrogen-bond acceptors (Lipinski definition) is 2. The number of piperazine rings is 1. The van der Waals surface area contributed by atoms with Gasteiger partial charge in [0.25, 0.3) is 0 Å². The first-order valence-corrected chi connectivity index (χ1v) is 6.20. The summed E-state index contributed by atoms with van der Waals surface area (Å²) in [5.74, 6) is 2.41. The van der Waals surface area contributed by atoms with Gasteiger partial charge in [-0.2, -0.15) is 0 Å². The molecule has 1 heterocycles. The summed E-state index contributed by atoms with van der Waals surface area (Å²) in [6.45, 7) is 12.3. The number of carbonyl (C=O) groups excluding carboxylic acids is 1. The predicted molar refractivity (Wildman–Crippen MR) is 72.6 cm³/mol. The fourth-order valence-electron chi connectivity index (χ4n) is 1.67. The Bertz CT molecular complexity index is 260. The maximum absolute atomic E-state index is 11.0. The van der Waals surface area contributed by atoms with Gasteiger partial charge in [-0.1, -0.05) is 25.8 Å². The maximum atomic E-state index is 11.0. The van der Waals surface area contributed by atoms with Gasteiger partial charge in [-0.15, -0.1) is 6.42 Å². The number of nitrogens with zero attached hydrogens (tertiary/aromatic N) is 2. The highest BCUT2D eigenvalue weighted by Crippen LogP contribution is 2.03. The van der Waals surface area contributed by atoms with E-state index in [1.54, 1.807) is 6.92 Å². The van der Waals surface area contributed by atoms with Crippen molar-refractivity contribution in [1.82, 2.24) is 9.80 Å². The molecule has 0 spiro atoms. The molecule has 1 amide bonds. The number of terminal acetylenes is 1. The molecule has 1 fully saturated rings. The molecular weight excluding hydrogens is 212 g/mol. The van der Waals surface area contributed by atoms with E-state index < -0.39 is 0 Å². The van der Waals surface area contributed by atoms with Gasteiger partial charge in [-0.3, -0.25) is 9.69 Å². The molecule has 0 unspecified atom stereocenters. The number of carbonyl (C=O) groups is 1. The largest absolute Gasteiger partial charge is 0.340 e. The zero-order chi connectivity index (χ0) is 13.1. The van der Waals surface area contributed by atoms with Crippen LogP contribution in [0.3, 0.4) is 0 Å². The molecule has 0 atom stereocenters. The van der Waals surface area contributed by atoms with Gasteiger partial charge < -0.3 is 4.90 Å². The monoisotopic (exact) mass is 236 g/mol. The van der Waals surface area contributed by atoms with Crippen LogP contribution < -0.4 is 0 Å². The minimum Gasteiger partial charge on any atom is -0.340 e. The SMILES string of the molecule is C#CC=C.CCCCN1CCN(C(C)=O)CC1. The highest BCUT2D eigenvalue weighted by atomic mass is 16.2. The van der Waals surface area contributed by atoms with Gasteiger partial charge in [-0.05, 0) is 19.0 Å². The van der Waals surface area contributed by atoms with Gasteiger partial charge in [0.1, 0.15) is 0 Å². The first-order valence-electron chi connectivity index (χ1n) is 6.20. The van der Waals surface area contributed by atoms with Crippen LogP contribution in [0.4, 0.5) is 0 Å². The Labute approximate surface area is 105 Å². The first-order chi connectivity index (χ1) is 8.15. The summed E-state index contributed by atoms with van der Waals surface area (Å²) < 4.78 is 0. The fraction of sp³-hybridized carbons (Fsp3) is 0.643. The molecule has 0 aromatic carbocycles. The molecule has 17 heavy (non-hydrogen) atoms. The lowest BCUT2D eigenvalue weighted by Crippen LogP contribution is -2.48. The van der Waals surface area contributed by atoms with Crippen molar-refractivity contribution in [1.29, 1.82) is 0 Å². The second-order valence-electron chi connectivity index (χ2n) is 4.07. The molecule has 3 heteroatoms. The van der Waals surface area contributed by atoms with Crippen LogP contribution in [0, 0.1) is 12.3 Å². The lowest BCUT2D eigenvalue weighted by molar-refractivity contribution is -0.130. The van der Waals surface area contributed by atoms with Crippen molar-refractivity contribution in [3.63, 3.8) is 0 Å². The van der Waals surface area contributed by atoms with E-state index in [4.69, 9.17) is 0 Å². The van der Waals surface area contributed by atoms with Gasteiger partial charge in [0.05, 0.1) is 0 Å². The normalized spacial score (nSPS) is 15.5. The van der Waals surface area contributed by atoms with E-state index in [-0.39, 0.29) is 5.91 Å². The second-order valence-corrected chi connectivity index (χ2v) is 4.07. The highest BCUT2D eigenvalue weighted by Gasteiger charge is 2.17. The summed E-state index contributed by atoms with van der Waals surface area (Å²) in [6.07, 6.45) is 8.60. The lowest BCUT2D eigenvalue weighted by atomic mass is 10.2. The summed E-state index contributed by atoms with van der Waals surface area (Å²) in [6, 6.07) is 0. The molecule has 1 aliphatic heterocycles. The summed E-state index contributed by atoms with van der Waals surface area (Å²) in [5, 5.41) is 0. The summed E-state index contributed by atoms with van der Waals surface area (Å²) in [4.78, 5) is 15.4. The molecule has 3 nitrogen and oxygen atoms in total. The number of allylic oxidation sites excluding steroid dienone is 1. The second kappa shape index (κ2) is 9.92. The molecule has 96 valence electrons. The highest BCUT2D eigenvalue weighted by molar-refractivity contribution is 5.73. The van der Waals surface area contributed by atoms with Gasteiger partial charge in [0.2, 0.25) is 5.91 Å². The molecule has 1 rings (SSSR count). The van der Waals surface area contributed by atoms with Crippen molar-refractivity contribution in [3.8, 4) is 12.3 Å². The van der Waals surface area contributed by atoms with Gasteiger partial charge in [0, 0.05) is 33.1 Å². The first kappa shape index (κ1) is 15.7. The molecule has 0 radical (unpaired) electrons. The van der Waals surface area contributed by atoms with E-state index in [0.29, 0.717) is 0 Å². The van der Waals surface area contributed by atoms with Crippen molar-refractivity contribution < 1.29 is 4.79 Å². The molecular formula is C14H24N2O. The number of hydrogen-bond donors (Lipinski definition) is 0. The van der Waals surface area contributed by atoms with Crippen molar-refractivity contribution in [2.24, 2.45) is 0 Å².